The summed E-state index contributed by atoms with van der Waals surface area (Å²) in [6.45, 7) is 3.71. The van der Waals surface area contributed by atoms with Crippen molar-refractivity contribution in [1.82, 2.24) is 4.90 Å². The number of nitrogens with two attached hydrogens (primary N) is 2. The maximum Gasteiger partial charge on any atom is 0.0583 e. The monoisotopic (exact) mass is 297 g/mol. The van der Waals surface area contributed by atoms with Crippen molar-refractivity contribution >= 4 is 11.4 Å². The summed E-state index contributed by atoms with van der Waals surface area (Å²) in [6, 6.07) is 6.10. The Bertz CT molecular complexity index is 572. The quantitative estimate of drug-likeness (QED) is 0.665. The Balaban J connectivity index is 1.35. The van der Waals surface area contributed by atoms with Crippen LogP contribution < -0.4 is 11.5 Å². The Morgan fingerprint density at radius 3 is 2.55 bits per heavy atom. The van der Waals surface area contributed by atoms with Crippen molar-refractivity contribution in [3.8, 4) is 0 Å². The lowest BCUT2D eigenvalue weighted by molar-refractivity contribution is 0.172. The van der Waals surface area contributed by atoms with Gasteiger partial charge in [-0.2, -0.15) is 0 Å². The number of benzene rings is 1. The third-order valence-corrected chi connectivity index (χ3v) is 6.11. The van der Waals surface area contributed by atoms with Crippen molar-refractivity contribution in [3.63, 3.8) is 0 Å². The Morgan fingerprint density at radius 2 is 1.86 bits per heavy atom. The molecular formula is C19H27N3. The molecule has 1 aliphatic heterocycles. The minimum absolute atomic E-state index is 0.583. The van der Waals surface area contributed by atoms with Gasteiger partial charge in [-0.3, -0.25) is 0 Å². The Kier molecular flexibility index (Phi) is 3.61. The number of allylic oxidation sites excluding steroid dienone is 2. The molecule has 2 bridgehead atoms. The largest absolute Gasteiger partial charge is 0.397 e. The summed E-state index contributed by atoms with van der Waals surface area (Å²) in [4.78, 5) is 2.68. The van der Waals surface area contributed by atoms with Crippen molar-refractivity contribution in [1.29, 1.82) is 0 Å². The third kappa shape index (κ3) is 2.52. The standard InChI is InChI=1S/C19H27N3/c20-18-3-1-2-17(19(18)21)14-6-8-22(9-7-14)12-16-11-13-4-5-15(16)10-13/h1-5,13-16H,6-12,20-21H2/t13-,15+,16?/m1/s1. The lowest BCUT2D eigenvalue weighted by Crippen LogP contribution is -2.37. The van der Waals surface area contributed by atoms with Gasteiger partial charge in [-0.25, -0.2) is 0 Å². The molecule has 1 aromatic carbocycles. The highest BCUT2D eigenvalue weighted by Gasteiger charge is 2.36. The number of para-hydroxylation sites is 1. The van der Waals surface area contributed by atoms with Crippen LogP contribution >= 0.6 is 0 Å². The second-order valence-corrected chi connectivity index (χ2v) is 7.47. The van der Waals surface area contributed by atoms with Gasteiger partial charge in [0.05, 0.1) is 11.4 Å². The van der Waals surface area contributed by atoms with E-state index in [-0.39, 0.29) is 0 Å². The van der Waals surface area contributed by atoms with Crippen LogP contribution in [0.15, 0.2) is 30.4 Å². The van der Waals surface area contributed by atoms with E-state index in [1.165, 1.54) is 50.9 Å². The van der Waals surface area contributed by atoms with Crippen LogP contribution in [0.5, 0.6) is 0 Å². The van der Waals surface area contributed by atoms with Gasteiger partial charge in [-0.05, 0) is 74.1 Å². The van der Waals surface area contributed by atoms with Crippen LogP contribution in [-0.4, -0.2) is 24.5 Å². The molecule has 1 saturated carbocycles. The van der Waals surface area contributed by atoms with E-state index in [0.29, 0.717) is 5.92 Å². The minimum atomic E-state index is 0.583. The molecule has 3 aliphatic rings. The molecule has 1 heterocycles. The van der Waals surface area contributed by atoms with E-state index in [2.05, 4.69) is 23.1 Å². The number of nitrogen functional groups attached to an aromatic ring is 2. The number of hydrogen-bond acceptors (Lipinski definition) is 3. The lowest BCUT2D eigenvalue weighted by Gasteiger charge is -2.35. The summed E-state index contributed by atoms with van der Waals surface area (Å²) in [5.74, 6) is 3.25. The van der Waals surface area contributed by atoms with Crippen LogP contribution in [0.3, 0.4) is 0 Å². The summed E-state index contributed by atoms with van der Waals surface area (Å²) in [6.07, 6.45) is 10.2. The number of nitrogens with zero attached hydrogens (tertiary/aromatic N) is 1. The summed E-state index contributed by atoms with van der Waals surface area (Å²) in [7, 11) is 0. The SMILES string of the molecule is Nc1cccc(C2CCN(CC3C[C@@H]4C=C[C@H]3C4)CC2)c1N. The first-order valence-corrected chi connectivity index (χ1v) is 8.75. The molecule has 118 valence electrons. The van der Waals surface area contributed by atoms with Crippen LogP contribution in [0.4, 0.5) is 11.4 Å². The van der Waals surface area contributed by atoms with Gasteiger partial charge >= 0.3 is 0 Å². The Morgan fingerprint density at radius 1 is 1.05 bits per heavy atom. The van der Waals surface area contributed by atoms with E-state index in [1.54, 1.807) is 0 Å². The number of fused-ring (bicyclic) bond motifs is 2. The second-order valence-electron chi connectivity index (χ2n) is 7.47. The molecule has 2 fully saturated rings. The molecule has 0 amide bonds. The molecule has 1 unspecified atom stereocenters. The Hall–Kier alpha value is -1.48. The Labute approximate surface area is 133 Å². The molecule has 2 aliphatic carbocycles. The van der Waals surface area contributed by atoms with Crippen molar-refractivity contribution < 1.29 is 0 Å². The van der Waals surface area contributed by atoms with Gasteiger partial charge in [0.15, 0.2) is 0 Å². The predicted molar refractivity (Wildman–Crippen MR) is 92.5 cm³/mol. The number of hydrogen-bond donors (Lipinski definition) is 2. The number of likely N-dealkylation sites (tertiary alicyclic amines) is 1. The van der Waals surface area contributed by atoms with E-state index < -0.39 is 0 Å². The molecule has 22 heavy (non-hydrogen) atoms. The summed E-state index contributed by atoms with van der Waals surface area (Å²) < 4.78 is 0. The van der Waals surface area contributed by atoms with Crippen molar-refractivity contribution in [2.45, 2.75) is 31.6 Å². The molecule has 1 saturated heterocycles. The maximum atomic E-state index is 6.17. The van der Waals surface area contributed by atoms with Crippen molar-refractivity contribution in [2.75, 3.05) is 31.1 Å². The molecule has 3 nitrogen and oxygen atoms in total. The van der Waals surface area contributed by atoms with E-state index in [0.717, 1.165) is 29.1 Å². The van der Waals surface area contributed by atoms with Crippen LogP contribution in [0.2, 0.25) is 0 Å². The first-order chi connectivity index (χ1) is 10.7. The highest BCUT2D eigenvalue weighted by atomic mass is 15.1. The molecule has 1 aromatic rings. The van der Waals surface area contributed by atoms with Gasteiger partial charge in [-0.1, -0.05) is 24.3 Å². The van der Waals surface area contributed by atoms with Crippen LogP contribution in [0.25, 0.3) is 0 Å². The third-order valence-electron chi connectivity index (χ3n) is 6.11. The normalized spacial score (nSPS) is 31.9. The highest BCUT2D eigenvalue weighted by Crippen LogP contribution is 2.44. The molecule has 3 atom stereocenters. The van der Waals surface area contributed by atoms with Crippen molar-refractivity contribution in [2.24, 2.45) is 17.8 Å². The van der Waals surface area contributed by atoms with Crippen LogP contribution in [-0.2, 0) is 0 Å². The second kappa shape index (κ2) is 5.62. The zero-order valence-electron chi connectivity index (χ0n) is 13.2. The maximum absolute atomic E-state index is 6.17. The van der Waals surface area contributed by atoms with Gasteiger partial charge in [0, 0.05) is 6.54 Å². The average Bonchev–Trinajstić information content (AvgIpc) is 3.14. The topological polar surface area (TPSA) is 55.3 Å². The fourth-order valence-electron chi connectivity index (χ4n) is 4.82. The predicted octanol–water partition coefficient (Wildman–Crippen LogP) is 3.24. The zero-order valence-corrected chi connectivity index (χ0v) is 13.2. The zero-order chi connectivity index (χ0) is 15.1. The van der Waals surface area contributed by atoms with Gasteiger partial charge in [0.25, 0.3) is 0 Å². The molecule has 0 spiro atoms. The first-order valence-electron chi connectivity index (χ1n) is 8.75. The lowest BCUT2D eigenvalue weighted by atomic mass is 9.86. The van der Waals surface area contributed by atoms with Gasteiger partial charge in [0.1, 0.15) is 0 Å². The van der Waals surface area contributed by atoms with Gasteiger partial charge in [0.2, 0.25) is 0 Å². The van der Waals surface area contributed by atoms with E-state index in [4.69, 9.17) is 11.5 Å². The molecular weight excluding hydrogens is 270 g/mol. The van der Waals surface area contributed by atoms with E-state index in [9.17, 15) is 0 Å². The highest BCUT2D eigenvalue weighted by molar-refractivity contribution is 5.68. The summed E-state index contributed by atoms with van der Waals surface area (Å²) >= 11 is 0. The number of anilines is 2. The summed E-state index contributed by atoms with van der Waals surface area (Å²) in [5, 5.41) is 0. The number of piperidine rings is 1. The number of rotatable bonds is 3. The van der Waals surface area contributed by atoms with Crippen molar-refractivity contribution in [3.05, 3.63) is 35.9 Å². The molecule has 3 heteroatoms. The van der Waals surface area contributed by atoms with Crippen LogP contribution in [0.1, 0.15) is 37.2 Å². The molecule has 0 radical (unpaired) electrons. The fraction of sp³-hybridized carbons (Fsp3) is 0.579. The fourth-order valence-corrected chi connectivity index (χ4v) is 4.82. The molecule has 4 N–H and O–H groups in total. The average molecular weight is 297 g/mol. The van der Waals surface area contributed by atoms with E-state index >= 15 is 0 Å². The van der Waals surface area contributed by atoms with E-state index in [1.807, 2.05) is 12.1 Å². The molecule has 0 aromatic heterocycles. The smallest absolute Gasteiger partial charge is 0.0583 e. The van der Waals surface area contributed by atoms with Crippen LogP contribution in [0, 0.1) is 17.8 Å². The van der Waals surface area contributed by atoms with Gasteiger partial charge < -0.3 is 16.4 Å². The van der Waals surface area contributed by atoms with Gasteiger partial charge in [-0.15, -0.1) is 0 Å². The first kappa shape index (κ1) is 14.1. The minimum Gasteiger partial charge on any atom is -0.397 e. The molecule has 4 rings (SSSR count). The summed E-state index contributed by atoms with van der Waals surface area (Å²) in [5.41, 5.74) is 14.9.